The van der Waals surface area contributed by atoms with Crippen molar-refractivity contribution in [3.63, 3.8) is 0 Å². The van der Waals surface area contributed by atoms with Crippen LogP contribution in [0, 0.1) is 11.5 Å². The Balaban J connectivity index is 1.61. The topological polar surface area (TPSA) is 82.4 Å². The minimum Gasteiger partial charge on any atom is -0.433 e. The molecule has 0 saturated heterocycles. The normalized spacial score (nSPS) is 14.8. The number of nitrogens with zero attached hydrogens (tertiary/aromatic N) is 2. The van der Waals surface area contributed by atoms with Gasteiger partial charge in [-0.25, -0.2) is 9.69 Å². The third-order valence-electron chi connectivity index (χ3n) is 5.67. The van der Waals surface area contributed by atoms with Crippen molar-refractivity contribution in [1.82, 2.24) is 10.2 Å². The summed E-state index contributed by atoms with van der Waals surface area (Å²) in [5.41, 5.74) is 0.849. The van der Waals surface area contributed by atoms with Crippen LogP contribution >= 0.6 is 0 Å². The number of benzene rings is 2. The van der Waals surface area contributed by atoms with Crippen LogP contribution in [-0.4, -0.2) is 29.0 Å². The van der Waals surface area contributed by atoms with E-state index < -0.39 is 17.6 Å². The number of ether oxygens (including phenoxy) is 1. The first-order valence-corrected chi connectivity index (χ1v) is 10.9. The van der Waals surface area contributed by atoms with Gasteiger partial charge in [0.2, 0.25) is 0 Å². The second-order valence-electron chi connectivity index (χ2n) is 7.93. The maximum Gasteiger partial charge on any atom is 0.408 e. The molecule has 1 N–H and O–H groups in total. The predicted molar refractivity (Wildman–Crippen MR) is 118 cm³/mol. The molecule has 1 aliphatic carbocycles. The Labute approximate surface area is 183 Å². The summed E-state index contributed by atoms with van der Waals surface area (Å²) in [4.78, 5) is 27.0. The van der Waals surface area contributed by atoms with Crippen molar-refractivity contribution in [2.75, 3.05) is 6.54 Å². The molecular formula is C25H29N3O3. The van der Waals surface area contributed by atoms with E-state index in [0.717, 1.165) is 36.8 Å². The minimum atomic E-state index is -1.26. The molecule has 0 spiro atoms. The Kier molecular flexibility index (Phi) is 8.05. The fraction of sp³-hybridized carbons (Fsp3) is 0.400. The molecule has 1 aliphatic rings. The quantitative estimate of drug-likeness (QED) is 0.502. The van der Waals surface area contributed by atoms with Gasteiger partial charge in [-0.2, -0.15) is 5.26 Å². The van der Waals surface area contributed by atoms with Crippen LogP contribution in [0.25, 0.3) is 0 Å². The molecule has 0 heterocycles. The van der Waals surface area contributed by atoms with Crippen LogP contribution in [0.4, 0.5) is 4.79 Å². The van der Waals surface area contributed by atoms with Crippen molar-refractivity contribution in [3.05, 3.63) is 71.8 Å². The summed E-state index contributed by atoms with van der Waals surface area (Å²) in [5.74, 6) is -0.405. The number of hydrogen-bond donors (Lipinski definition) is 1. The number of nitriles is 1. The van der Waals surface area contributed by atoms with Gasteiger partial charge in [0, 0.05) is 13.1 Å². The number of alkyl carbamates (subject to hydrolysis) is 1. The molecule has 1 saturated carbocycles. The Bertz CT molecular complexity index is 887. The monoisotopic (exact) mass is 419 g/mol. The smallest absolute Gasteiger partial charge is 0.408 e. The maximum absolute atomic E-state index is 13.3. The number of amides is 2. The van der Waals surface area contributed by atoms with Gasteiger partial charge in [-0.05, 0) is 49.7 Å². The molecule has 0 radical (unpaired) electrons. The largest absolute Gasteiger partial charge is 0.433 e. The Morgan fingerprint density at radius 1 is 0.968 bits per heavy atom. The summed E-state index contributed by atoms with van der Waals surface area (Å²) in [7, 11) is 0. The van der Waals surface area contributed by atoms with Crippen molar-refractivity contribution in [2.45, 2.75) is 57.1 Å². The third kappa shape index (κ3) is 6.32. The first-order chi connectivity index (χ1) is 15.1. The van der Waals surface area contributed by atoms with E-state index >= 15 is 0 Å². The van der Waals surface area contributed by atoms with Gasteiger partial charge in [0.05, 0.1) is 0 Å². The van der Waals surface area contributed by atoms with E-state index in [1.807, 2.05) is 66.9 Å². The highest BCUT2D eigenvalue weighted by Gasteiger charge is 2.46. The summed E-state index contributed by atoms with van der Waals surface area (Å²) in [6, 6.07) is 19.5. The van der Waals surface area contributed by atoms with Gasteiger partial charge >= 0.3 is 6.09 Å². The molecule has 2 aromatic rings. The van der Waals surface area contributed by atoms with E-state index in [9.17, 15) is 14.9 Å². The SMILES string of the molecule is N#CN(CCCc1ccccc1)C(=O)C1(OC(=O)NCc2ccccc2)CCCCC1. The molecule has 31 heavy (non-hydrogen) atoms. The standard InChI is InChI=1S/C25H29N3O3/c26-20-28(18-10-15-21-11-4-1-5-12-21)23(29)25(16-8-3-9-17-25)31-24(30)27-19-22-13-6-2-7-14-22/h1-2,4-7,11-14H,3,8-10,15-19H2,(H,27,30). The average molecular weight is 420 g/mol. The van der Waals surface area contributed by atoms with Gasteiger partial charge in [0.1, 0.15) is 0 Å². The molecule has 0 bridgehead atoms. The van der Waals surface area contributed by atoms with Crippen molar-refractivity contribution in [3.8, 4) is 6.19 Å². The molecule has 3 rings (SSSR count). The molecule has 2 aromatic carbocycles. The molecular weight excluding hydrogens is 390 g/mol. The highest BCUT2D eigenvalue weighted by Crippen LogP contribution is 2.33. The van der Waals surface area contributed by atoms with E-state index in [0.29, 0.717) is 32.4 Å². The molecule has 0 atom stereocenters. The molecule has 0 aliphatic heterocycles. The summed E-state index contributed by atoms with van der Waals surface area (Å²) < 4.78 is 5.72. The zero-order valence-corrected chi connectivity index (χ0v) is 17.8. The van der Waals surface area contributed by atoms with Crippen LogP contribution in [0.5, 0.6) is 0 Å². The number of hydrogen-bond acceptors (Lipinski definition) is 4. The molecule has 6 heteroatoms. The Hall–Kier alpha value is -3.33. The number of carbonyl (C=O) groups excluding carboxylic acids is 2. The van der Waals surface area contributed by atoms with E-state index in [-0.39, 0.29) is 0 Å². The Morgan fingerprint density at radius 3 is 2.19 bits per heavy atom. The van der Waals surface area contributed by atoms with Crippen LogP contribution in [0.15, 0.2) is 60.7 Å². The van der Waals surface area contributed by atoms with Gasteiger partial charge in [-0.15, -0.1) is 0 Å². The van der Waals surface area contributed by atoms with E-state index in [1.165, 1.54) is 4.90 Å². The molecule has 162 valence electrons. The molecule has 2 amide bonds. The number of aryl methyl sites for hydroxylation is 1. The first kappa shape index (κ1) is 22.4. The molecule has 0 aromatic heterocycles. The number of rotatable bonds is 8. The molecule has 0 unspecified atom stereocenters. The molecule has 1 fully saturated rings. The van der Waals surface area contributed by atoms with Crippen LogP contribution < -0.4 is 5.32 Å². The zero-order chi connectivity index (χ0) is 21.9. The first-order valence-electron chi connectivity index (χ1n) is 10.9. The second-order valence-corrected chi connectivity index (χ2v) is 7.93. The highest BCUT2D eigenvalue weighted by molar-refractivity contribution is 5.89. The van der Waals surface area contributed by atoms with Gasteiger partial charge in [0.15, 0.2) is 11.8 Å². The van der Waals surface area contributed by atoms with E-state index in [2.05, 4.69) is 5.32 Å². The fourth-order valence-corrected chi connectivity index (χ4v) is 3.99. The molecule has 6 nitrogen and oxygen atoms in total. The lowest BCUT2D eigenvalue weighted by Gasteiger charge is -2.36. The Morgan fingerprint density at radius 2 is 1.58 bits per heavy atom. The minimum absolute atomic E-state index is 0.307. The van der Waals surface area contributed by atoms with Crippen molar-refractivity contribution in [2.24, 2.45) is 0 Å². The maximum atomic E-state index is 13.3. The van der Waals surface area contributed by atoms with Crippen LogP contribution in [0.1, 0.15) is 49.7 Å². The fourth-order valence-electron chi connectivity index (χ4n) is 3.99. The van der Waals surface area contributed by atoms with Gasteiger partial charge in [-0.1, -0.05) is 67.1 Å². The van der Waals surface area contributed by atoms with Gasteiger partial charge < -0.3 is 10.1 Å². The number of carbonyl (C=O) groups is 2. The summed E-state index contributed by atoms with van der Waals surface area (Å²) >= 11 is 0. The van der Waals surface area contributed by atoms with E-state index in [4.69, 9.17) is 4.74 Å². The predicted octanol–water partition coefficient (Wildman–Crippen LogP) is 4.56. The lowest BCUT2D eigenvalue weighted by molar-refractivity contribution is -0.151. The summed E-state index contributed by atoms with van der Waals surface area (Å²) in [5, 5.41) is 12.4. The van der Waals surface area contributed by atoms with Crippen molar-refractivity contribution in [1.29, 1.82) is 5.26 Å². The van der Waals surface area contributed by atoms with Crippen LogP contribution in [-0.2, 0) is 22.5 Å². The lowest BCUT2D eigenvalue weighted by Crippen LogP contribution is -2.53. The van der Waals surface area contributed by atoms with Crippen molar-refractivity contribution >= 4 is 12.0 Å². The highest BCUT2D eigenvalue weighted by atomic mass is 16.6. The van der Waals surface area contributed by atoms with Crippen molar-refractivity contribution < 1.29 is 14.3 Å². The van der Waals surface area contributed by atoms with E-state index in [1.54, 1.807) is 0 Å². The van der Waals surface area contributed by atoms with Crippen LogP contribution in [0.2, 0.25) is 0 Å². The van der Waals surface area contributed by atoms with Crippen LogP contribution in [0.3, 0.4) is 0 Å². The summed E-state index contributed by atoms with van der Waals surface area (Å²) in [6.07, 6.45) is 6.30. The second kappa shape index (κ2) is 11.2. The lowest BCUT2D eigenvalue weighted by atomic mass is 9.83. The van der Waals surface area contributed by atoms with Gasteiger partial charge in [-0.3, -0.25) is 4.79 Å². The number of nitrogens with one attached hydrogen (secondary N) is 1. The third-order valence-corrected chi connectivity index (χ3v) is 5.67. The summed E-state index contributed by atoms with van der Waals surface area (Å²) in [6.45, 7) is 0.629. The average Bonchev–Trinajstić information content (AvgIpc) is 2.82. The zero-order valence-electron chi connectivity index (χ0n) is 17.8. The van der Waals surface area contributed by atoms with Gasteiger partial charge in [0.25, 0.3) is 5.91 Å².